The summed E-state index contributed by atoms with van der Waals surface area (Å²) >= 11 is 0. The first-order valence-corrected chi connectivity index (χ1v) is 4.22. The number of fused-ring (bicyclic) bond motifs is 1. The van der Waals surface area contributed by atoms with Gasteiger partial charge in [0.05, 0.1) is 5.54 Å². The number of likely N-dealkylation sites (tertiary alicyclic amines) is 1. The molecule has 0 spiro atoms. The van der Waals surface area contributed by atoms with Crippen LogP contribution in [0.5, 0.6) is 0 Å². The van der Waals surface area contributed by atoms with Gasteiger partial charge in [-0.15, -0.1) is 0 Å². The molecule has 2 atom stereocenters. The van der Waals surface area contributed by atoms with Gasteiger partial charge in [0.15, 0.2) is 0 Å². The highest BCUT2D eigenvalue weighted by atomic mass is 19.1. The lowest BCUT2D eigenvalue weighted by molar-refractivity contribution is 0.129. The van der Waals surface area contributed by atoms with Crippen LogP contribution in [0.1, 0.15) is 19.3 Å². The minimum Gasteiger partial charge on any atom is -0.321 e. The summed E-state index contributed by atoms with van der Waals surface area (Å²) in [6.45, 7) is 1.26. The third-order valence-corrected chi connectivity index (χ3v) is 3.16. The van der Waals surface area contributed by atoms with Crippen LogP contribution in [0.25, 0.3) is 0 Å². The Kier molecular flexibility index (Phi) is 1.33. The Labute approximate surface area is 66.5 Å². The standard InChI is InChI=1S/C8H15FN2/c1-11-5-7(9)3-2-4-8(7,10)6-11/h2-6,10H2,1H3/t7-,8-/m1/s1. The second-order valence-corrected chi connectivity index (χ2v) is 4.15. The average Bonchev–Trinajstić information content (AvgIpc) is 2.16. The van der Waals surface area contributed by atoms with E-state index in [1.54, 1.807) is 0 Å². The van der Waals surface area contributed by atoms with E-state index in [0.717, 1.165) is 19.4 Å². The predicted octanol–water partition coefficient (Wildman–Crippen LogP) is 0.521. The van der Waals surface area contributed by atoms with Crippen LogP contribution in [-0.2, 0) is 0 Å². The minimum atomic E-state index is -1.08. The SMILES string of the molecule is CN1C[C@]2(N)CCC[C@@]2(F)C1. The molecule has 2 N–H and O–H groups in total. The van der Waals surface area contributed by atoms with Gasteiger partial charge < -0.3 is 10.6 Å². The quantitative estimate of drug-likeness (QED) is 0.557. The van der Waals surface area contributed by atoms with Gasteiger partial charge in [0, 0.05) is 13.1 Å². The number of hydrogen-bond donors (Lipinski definition) is 1. The molecule has 2 aliphatic rings. The maximum atomic E-state index is 14.0. The van der Waals surface area contributed by atoms with Crippen molar-refractivity contribution in [1.29, 1.82) is 0 Å². The number of rotatable bonds is 0. The first-order valence-electron chi connectivity index (χ1n) is 4.22. The molecule has 0 aromatic heterocycles. The third-order valence-electron chi connectivity index (χ3n) is 3.16. The summed E-state index contributed by atoms with van der Waals surface area (Å²) in [6, 6.07) is 0. The fourth-order valence-electron chi connectivity index (χ4n) is 2.58. The summed E-state index contributed by atoms with van der Waals surface area (Å²) in [5.41, 5.74) is 4.36. The first-order chi connectivity index (χ1) is 5.06. The van der Waals surface area contributed by atoms with Crippen molar-refractivity contribution in [3.05, 3.63) is 0 Å². The number of halogens is 1. The Morgan fingerprint density at radius 2 is 2.09 bits per heavy atom. The molecule has 0 amide bonds. The molecule has 0 aromatic carbocycles. The summed E-state index contributed by atoms with van der Waals surface area (Å²) in [7, 11) is 1.94. The highest BCUT2D eigenvalue weighted by molar-refractivity contribution is 5.15. The molecular formula is C8H15FN2. The smallest absolute Gasteiger partial charge is 0.142 e. The van der Waals surface area contributed by atoms with Crippen LogP contribution < -0.4 is 5.73 Å². The fourth-order valence-corrected chi connectivity index (χ4v) is 2.58. The molecule has 1 aliphatic heterocycles. The van der Waals surface area contributed by atoms with Crippen molar-refractivity contribution in [2.45, 2.75) is 30.5 Å². The van der Waals surface area contributed by atoms with E-state index in [2.05, 4.69) is 0 Å². The third kappa shape index (κ3) is 0.842. The van der Waals surface area contributed by atoms with Gasteiger partial charge >= 0.3 is 0 Å². The van der Waals surface area contributed by atoms with E-state index in [1.165, 1.54) is 0 Å². The molecule has 1 saturated heterocycles. The van der Waals surface area contributed by atoms with Crippen molar-refractivity contribution < 1.29 is 4.39 Å². The molecule has 1 heterocycles. The van der Waals surface area contributed by atoms with Crippen LogP contribution in [0.4, 0.5) is 4.39 Å². The van der Waals surface area contributed by atoms with E-state index in [1.807, 2.05) is 11.9 Å². The monoisotopic (exact) mass is 158 g/mol. The van der Waals surface area contributed by atoms with Gasteiger partial charge in [-0.25, -0.2) is 4.39 Å². The highest BCUT2D eigenvalue weighted by Crippen LogP contribution is 2.45. The van der Waals surface area contributed by atoms with E-state index in [-0.39, 0.29) is 0 Å². The molecule has 0 bridgehead atoms. The maximum absolute atomic E-state index is 14.0. The largest absolute Gasteiger partial charge is 0.321 e. The lowest BCUT2D eigenvalue weighted by Crippen LogP contribution is -2.53. The van der Waals surface area contributed by atoms with Crippen molar-refractivity contribution >= 4 is 0 Å². The van der Waals surface area contributed by atoms with Crippen molar-refractivity contribution in [3.63, 3.8) is 0 Å². The molecule has 0 unspecified atom stereocenters. The molecule has 1 aliphatic carbocycles. The Balaban J connectivity index is 2.28. The van der Waals surface area contributed by atoms with E-state index in [4.69, 9.17) is 5.73 Å². The van der Waals surface area contributed by atoms with Gasteiger partial charge in [-0.3, -0.25) is 0 Å². The topological polar surface area (TPSA) is 29.3 Å². The van der Waals surface area contributed by atoms with Gasteiger partial charge in [-0.05, 0) is 26.3 Å². The van der Waals surface area contributed by atoms with E-state index >= 15 is 0 Å². The summed E-state index contributed by atoms with van der Waals surface area (Å²) in [5, 5.41) is 0. The normalized spacial score (nSPS) is 51.5. The molecule has 1 saturated carbocycles. The number of likely N-dealkylation sites (N-methyl/N-ethyl adjacent to an activating group) is 1. The summed E-state index contributed by atoms with van der Waals surface area (Å²) in [4.78, 5) is 2.00. The van der Waals surface area contributed by atoms with Gasteiger partial charge in [0.2, 0.25) is 0 Å². The number of hydrogen-bond acceptors (Lipinski definition) is 2. The Hall–Kier alpha value is -0.150. The van der Waals surface area contributed by atoms with Crippen LogP contribution in [0.15, 0.2) is 0 Å². The van der Waals surface area contributed by atoms with E-state index < -0.39 is 11.2 Å². The molecule has 64 valence electrons. The molecule has 2 nitrogen and oxygen atoms in total. The van der Waals surface area contributed by atoms with Crippen molar-refractivity contribution in [2.75, 3.05) is 20.1 Å². The number of nitrogens with two attached hydrogens (primary N) is 1. The Bertz CT molecular complexity index is 167. The molecule has 3 heteroatoms. The summed E-state index contributed by atoms with van der Waals surface area (Å²) in [6.07, 6.45) is 2.47. The lowest BCUT2D eigenvalue weighted by atomic mass is 9.89. The molecule has 2 fully saturated rings. The second-order valence-electron chi connectivity index (χ2n) is 4.15. The van der Waals surface area contributed by atoms with E-state index in [0.29, 0.717) is 13.0 Å². The lowest BCUT2D eigenvalue weighted by Gasteiger charge is -2.28. The molecule has 0 aromatic rings. The summed E-state index contributed by atoms with van der Waals surface area (Å²) < 4.78 is 14.0. The Morgan fingerprint density at radius 1 is 1.36 bits per heavy atom. The van der Waals surface area contributed by atoms with Gasteiger partial charge in [0.1, 0.15) is 5.67 Å². The van der Waals surface area contributed by atoms with Crippen molar-refractivity contribution in [3.8, 4) is 0 Å². The Morgan fingerprint density at radius 3 is 2.73 bits per heavy atom. The average molecular weight is 158 g/mol. The van der Waals surface area contributed by atoms with Crippen LogP contribution >= 0.6 is 0 Å². The fraction of sp³-hybridized carbons (Fsp3) is 1.00. The van der Waals surface area contributed by atoms with Crippen LogP contribution in [0, 0.1) is 0 Å². The van der Waals surface area contributed by atoms with E-state index in [9.17, 15) is 4.39 Å². The van der Waals surface area contributed by atoms with Gasteiger partial charge in [0.25, 0.3) is 0 Å². The minimum absolute atomic E-state index is 0.526. The predicted molar refractivity (Wildman–Crippen MR) is 42.1 cm³/mol. The van der Waals surface area contributed by atoms with Gasteiger partial charge in [-0.2, -0.15) is 0 Å². The molecule has 11 heavy (non-hydrogen) atoms. The second kappa shape index (κ2) is 1.96. The molecule has 2 rings (SSSR count). The number of alkyl halides is 1. The zero-order valence-corrected chi connectivity index (χ0v) is 6.94. The van der Waals surface area contributed by atoms with Crippen LogP contribution in [0.3, 0.4) is 0 Å². The van der Waals surface area contributed by atoms with Gasteiger partial charge in [-0.1, -0.05) is 0 Å². The van der Waals surface area contributed by atoms with Crippen molar-refractivity contribution in [1.82, 2.24) is 4.90 Å². The zero-order chi connectivity index (χ0) is 8.11. The zero-order valence-electron chi connectivity index (χ0n) is 6.94. The number of nitrogens with zero attached hydrogens (tertiary/aromatic N) is 1. The van der Waals surface area contributed by atoms with Crippen LogP contribution in [0.2, 0.25) is 0 Å². The highest BCUT2D eigenvalue weighted by Gasteiger charge is 2.58. The molecular weight excluding hydrogens is 143 g/mol. The first kappa shape index (κ1) is 7.50. The van der Waals surface area contributed by atoms with Crippen molar-refractivity contribution in [2.24, 2.45) is 5.73 Å². The van der Waals surface area contributed by atoms with Crippen LogP contribution in [-0.4, -0.2) is 36.2 Å². The molecule has 0 radical (unpaired) electrons. The summed E-state index contributed by atoms with van der Waals surface area (Å²) in [5.74, 6) is 0. The maximum Gasteiger partial charge on any atom is 0.142 e.